The molecule has 7 heteroatoms. The number of hydrogen-bond acceptors (Lipinski definition) is 5. The number of nitrogens with one attached hydrogen (secondary N) is 2. The monoisotopic (exact) mass is 487 g/mol. The van der Waals surface area contributed by atoms with Gasteiger partial charge in [0.15, 0.2) is 4.96 Å². The molecule has 1 atom stereocenters. The minimum absolute atomic E-state index is 0.00844. The highest BCUT2D eigenvalue weighted by Crippen LogP contribution is 2.31. The number of thiazole rings is 1. The third kappa shape index (κ3) is 4.85. The third-order valence-electron chi connectivity index (χ3n) is 7.41. The van der Waals surface area contributed by atoms with Crippen LogP contribution in [0.4, 0.5) is 0 Å². The van der Waals surface area contributed by atoms with Gasteiger partial charge in [-0.15, -0.1) is 0 Å². The van der Waals surface area contributed by atoms with E-state index >= 15 is 0 Å². The Morgan fingerprint density at radius 2 is 1.94 bits per heavy atom. The summed E-state index contributed by atoms with van der Waals surface area (Å²) in [5.74, 6) is 0.00844. The maximum absolute atomic E-state index is 12.7. The zero-order chi connectivity index (χ0) is 23.6. The molecule has 6 rings (SSSR count). The van der Waals surface area contributed by atoms with E-state index in [0.717, 1.165) is 58.1 Å². The van der Waals surface area contributed by atoms with E-state index in [1.54, 1.807) is 11.3 Å². The quantitative estimate of drug-likeness (QED) is 0.350. The number of imidazole rings is 1. The molecule has 0 unspecified atom stereocenters. The first-order valence-corrected chi connectivity index (χ1v) is 13.8. The summed E-state index contributed by atoms with van der Waals surface area (Å²) in [6.07, 6.45) is 9.54. The second-order valence-electron chi connectivity index (χ2n) is 9.85. The van der Waals surface area contributed by atoms with Crippen molar-refractivity contribution in [1.82, 2.24) is 24.9 Å². The molecule has 2 saturated heterocycles. The average molecular weight is 488 g/mol. The van der Waals surface area contributed by atoms with E-state index in [1.807, 2.05) is 18.2 Å². The van der Waals surface area contributed by atoms with Crippen molar-refractivity contribution in [3.8, 4) is 11.3 Å². The molecular formula is C28H33N5OS. The van der Waals surface area contributed by atoms with Gasteiger partial charge in [-0.25, -0.2) is 4.98 Å². The smallest absolute Gasteiger partial charge is 0.251 e. The Morgan fingerprint density at radius 3 is 2.74 bits per heavy atom. The Morgan fingerprint density at radius 1 is 1.09 bits per heavy atom. The molecule has 2 aliphatic heterocycles. The molecule has 2 aromatic heterocycles. The standard InChI is InChI=1S/C28H33N5OS/c34-27(30-14-5-17-32-15-2-1-3-16-32)22-11-12-25-26(18-22)35-28-31-24(19-33(25)28)21-9-7-20(8-10-21)23-6-4-13-29-23/h7-12,18-19,23,29H,1-6,13-17H2,(H,30,34)/t23-/m0/s1. The number of piperidine rings is 1. The van der Waals surface area contributed by atoms with E-state index in [4.69, 9.17) is 4.98 Å². The molecule has 4 aromatic rings. The van der Waals surface area contributed by atoms with Crippen molar-refractivity contribution in [3.05, 3.63) is 59.8 Å². The Labute approximate surface area is 210 Å². The molecule has 0 spiro atoms. The maximum atomic E-state index is 12.7. The van der Waals surface area contributed by atoms with Crippen molar-refractivity contribution in [3.63, 3.8) is 0 Å². The van der Waals surface area contributed by atoms with E-state index in [1.165, 1.54) is 50.8 Å². The van der Waals surface area contributed by atoms with Crippen molar-refractivity contribution >= 4 is 32.4 Å². The van der Waals surface area contributed by atoms with Crippen LogP contribution >= 0.6 is 11.3 Å². The van der Waals surface area contributed by atoms with Gasteiger partial charge in [-0.3, -0.25) is 9.20 Å². The van der Waals surface area contributed by atoms with Gasteiger partial charge in [0, 0.05) is 29.9 Å². The molecule has 0 aliphatic carbocycles. The van der Waals surface area contributed by atoms with Crippen LogP contribution in [0.5, 0.6) is 0 Å². The number of likely N-dealkylation sites (tertiary alicyclic amines) is 1. The topological polar surface area (TPSA) is 61.7 Å². The van der Waals surface area contributed by atoms with Crippen molar-refractivity contribution in [2.75, 3.05) is 32.7 Å². The maximum Gasteiger partial charge on any atom is 0.251 e. The zero-order valence-corrected chi connectivity index (χ0v) is 20.9. The SMILES string of the molecule is O=C(NCCCN1CCCCC1)c1ccc2c(c1)sc1nc(-c3ccc([C@@H]4CCCN4)cc3)cn12. The highest BCUT2D eigenvalue weighted by Gasteiger charge is 2.17. The summed E-state index contributed by atoms with van der Waals surface area (Å²) in [6, 6.07) is 15.3. The highest BCUT2D eigenvalue weighted by atomic mass is 32.1. The molecule has 2 fully saturated rings. The van der Waals surface area contributed by atoms with Crippen LogP contribution in [-0.2, 0) is 0 Å². The average Bonchev–Trinajstić information content (AvgIpc) is 3.64. The number of aromatic nitrogens is 2. The lowest BCUT2D eigenvalue weighted by molar-refractivity contribution is 0.0951. The van der Waals surface area contributed by atoms with Gasteiger partial charge in [0.05, 0.1) is 15.9 Å². The first kappa shape index (κ1) is 22.7. The largest absolute Gasteiger partial charge is 0.352 e. The highest BCUT2D eigenvalue weighted by molar-refractivity contribution is 7.23. The summed E-state index contributed by atoms with van der Waals surface area (Å²) in [6.45, 7) is 5.31. The van der Waals surface area contributed by atoms with Crippen molar-refractivity contribution in [2.24, 2.45) is 0 Å². The van der Waals surface area contributed by atoms with Crippen molar-refractivity contribution in [1.29, 1.82) is 0 Å². The van der Waals surface area contributed by atoms with Crippen molar-refractivity contribution < 1.29 is 4.79 Å². The van der Waals surface area contributed by atoms with E-state index in [9.17, 15) is 4.79 Å². The summed E-state index contributed by atoms with van der Waals surface area (Å²) in [5, 5.41) is 6.66. The summed E-state index contributed by atoms with van der Waals surface area (Å²) in [5.41, 5.74) is 5.29. The molecule has 1 amide bonds. The normalized spacial score (nSPS) is 19.0. The summed E-state index contributed by atoms with van der Waals surface area (Å²) in [4.78, 5) is 21.1. The van der Waals surface area contributed by atoms with Gasteiger partial charge in [-0.05, 0) is 82.0 Å². The zero-order valence-electron chi connectivity index (χ0n) is 20.1. The van der Waals surface area contributed by atoms with Gasteiger partial charge in [0.25, 0.3) is 5.91 Å². The predicted molar refractivity (Wildman–Crippen MR) is 143 cm³/mol. The molecular weight excluding hydrogens is 454 g/mol. The number of rotatable bonds is 7. The molecule has 182 valence electrons. The Bertz CT molecular complexity index is 1310. The first-order chi connectivity index (χ1) is 17.2. The van der Waals surface area contributed by atoms with Crippen LogP contribution in [0, 0.1) is 0 Å². The second kappa shape index (κ2) is 10.1. The van der Waals surface area contributed by atoms with Crippen LogP contribution in [0.15, 0.2) is 48.7 Å². The van der Waals surface area contributed by atoms with Crippen LogP contribution < -0.4 is 10.6 Å². The second-order valence-corrected chi connectivity index (χ2v) is 10.9. The van der Waals surface area contributed by atoms with Gasteiger partial charge in [0.1, 0.15) is 0 Å². The van der Waals surface area contributed by atoms with Crippen LogP contribution in [0.25, 0.3) is 26.4 Å². The molecule has 2 aromatic carbocycles. The van der Waals surface area contributed by atoms with E-state index < -0.39 is 0 Å². The predicted octanol–water partition coefficient (Wildman–Crippen LogP) is 5.25. The lowest BCUT2D eigenvalue weighted by Crippen LogP contribution is -2.33. The minimum atomic E-state index is 0.00844. The molecule has 0 saturated carbocycles. The number of carbonyl (C=O) groups excluding carboxylic acids is 1. The molecule has 4 heterocycles. The number of carbonyl (C=O) groups is 1. The van der Waals surface area contributed by atoms with Gasteiger partial charge in [-0.2, -0.15) is 0 Å². The molecule has 6 nitrogen and oxygen atoms in total. The van der Waals surface area contributed by atoms with Crippen LogP contribution in [0.1, 0.15) is 60.5 Å². The van der Waals surface area contributed by atoms with E-state index in [0.29, 0.717) is 6.04 Å². The summed E-state index contributed by atoms with van der Waals surface area (Å²) in [7, 11) is 0. The molecule has 35 heavy (non-hydrogen) atoms. The Kier molecular flexibility index (Phi) is 6.55. The number of hydrogen-bond donors (Lipinski definition) is 2. The van der Waals surface area contributed by atoms with E-state index in [2.05, 4.69) is 50.4 Å². The number of amides is 1. The van der Waals surface area contributed by atoms with Gasteiger partial charge in [-0.1, -0.05) is 42.0 Å². The molecule has 2 N–H and O–H groups in total. The van der Waals surface area contributed by atoms with Gasteiger partial charge < -0.3 is 15.5 Å². The number of nitrogens with zero attached hydrogens (tertiary/aromatic N) is 3. The fraction of sp³-hybridized carbons (Fsp3) is 0.429. The number of fused-ring (bicyclic) bond motifs is 3. The molecule has 0 radical (unpaired) electrons. The lowest BCUT2D eigenvalue weighted by Gasteiger charge is -2.26. The molecule has 2 aliphatic rings. The van der Waals surface area contributed by atoms with Crippen LogP contribution in [-0.4, -0.2) is 52.9 Å². The fourth-order valence-electron chi connectivity index (χ4n) is 5.43. The van der Waals surface area contributed by atoms with E-state index in [-0.39, 0.29) is 5.91 Å². The lowest BCUT2D eigenvalue weighted by atomic mass is 10.0. The van der Waals surface area contributed by atoms with Crippen LogP contribution in [0.3, 0.4) is 0 Å². The fourth-order valence-corrected chi connectivity index (χ4v) is 6.47. The molecule has 0 bridgehead atoms. The summed E-state index contributed by atoms with van der Waals surface area (Å²) >= 11 is 1.63. The minimum Gasteiger partial charge on any atom is -0.352 e. The summed E-state index contributed by atoms with van der Waals surface area (Å²) < 4.78 is 3.23. The number of benzene rings is 2. The Balaban J connectivity index is 1.12. The van der Waals surface area contributed by atoms with Gasteiger partial charge in [0.2, 0.25) is 0 Å². The van der Waals surface area contributed by atoms with Gasteiger partial charge >= 0.3 is 0 Å². The first-order valence-electron chi connectivity index (χ1n) is 13.0. The van der Waals surface area contributed by atoms with Crippen molar-refractivity contribution in [2.45, 2.75) is 44.6 Å². The third-order valence-corrected chi connectivity index (χ3v) is 8.43. The van der Waals surface area contributed by atoms with Crippen LogP contribution in [0.2, 0.25) is 0 Å². The Hall–Kier alpha value is -2.74.